The van der Waals surface area contributed by atoms with Gasteiger partial charge in [-0.1, -0.05) is 24.3 Å². The van der Waals surface area contributed by atoms with Crippen molar-refractivity contribution < 1.29 is 23.7 Å². The molecule has 0 aliphatic rings. The average Bonchev–Trinajstić information content (AvgIpc) is 3.28. The molecule has 0 atom stereocenters. The maximum atomic E-state index is 12.6. The maximum Gasteiger partial charge on any atom is 0.251 e. The minimum absolute atomic E-state index is 0.158. The van der Waals surface area contributed by atoms with Gasteiger partial charge in [-0.2, -0.15) is 0 Å². The van der Waals surface area contributed by atoms with Crippen LogP contribution in [-0.4, -0.2) is 49.9 Å². The number of carbonyl (C=O) groups excluding carboxylic acids is 1. The number of hydrogen-bond acceptors (Lipinski definition) is 6. The monoisotopic (exact) mass is 489 g/mol. The Morgan fingerprint density at radius 1 is 0.861 bits per heavy atom. The van der Waals surface area contributed by atoms with E-state index in [2.05, 4.69) is 16.0 Å². The number of imidazole rings is 1. The Labute approximate surface area is 210 Å². The highest BCUT2D eigenvalue weighted by atomic mass is 16.5. The average molecular weight is 490 g/mol. The summed E-state index contributed by atoms with van der Waals surface area (Å²) in [5.41, 5.74) is 2.53. The summed E-state index contributed by atoms with van der Waals surface area (Å²) in [6.07, 6.45) is 1.46. The van der Waals surface area contributed by atoms with Gasteiger partial charge in [0.05, 0.1) is 38.9 Å². The largest absolute Gasteiger partial charge is 0.493 e. The first-order chi connectivity index (χ1) is 17.6. The zero-order chi connectivity index (χ0) is 25.3. The van der Waals surface area contributed by atoms with E-state index in [-0.39, 0.29) is 5.91 Å². The van der Waals surface area contributed by atoms with Crippen LogP contribution in [0, 0.1) is 0 Å². The lowest BCUT2D eigenvalue weighted by Gasteiger charge is -2.13. The molecule has 188 valence electrons. The molecule has 36 heavy (non-hydrogen) atoms. The van der Waals surface area contributed by atoms with E-state index < -0.39 is 0 Å². The summed E-state index contributed by atoms with van der Waals surface area (Å²) < 4.78 is 24.1. The van der Waals surface area contributed by atoms with E-state index in [0.29, 0.717) is 48.3 Å². The highest BCUT2D eigenvalue weighted by Gasteiger charge is 2.13. The topological polar surface area (TPSA) is 83.8 Å². The zero-order valence-electron chi connectivity index (χ0n) is 20.8. The molecule has 0 aliphatic carbocycles. The number of fused-ring (bicyclic) bond motifs is 1. The van der Waals surface area contributed by atoms with Crippen LogP contribution in [0.1, 0.15) is 22.6 Å². The van der Waals surface area contributed by atoms with Crippen molar-refractivity contribution in [3.05, 3.63) is 78.1 Å². The van der Waals surface area contributed by atoms with E-state index in [9.17, 15) is 4.79 Å². The summed E-state index contributed by atoms with van der Waals surface area (Å²) in [5, 5.41) is 2.98. The fourth-order valence-corrected chi connectivity index (χ4v) is 4.08. The molecule has 8 nitrogen and oxygen atoms in total. The van der Waals surface area contributed by atoms with Crippen LogP contribution < -0.4 is 24.3 Å². The quantitative estimate of drug-likeness (QED) is 0.295. The third kappa shape index (κ3) is 5.71. The molecule has 0 saturated heterocycles. The van der Waals surface area contributed by atoms with Crippen molar-refractivity contribution in [1.82, 2.24) is 14.9 Å². The smallest absolute Gasteiger partial charge is 0.251 e. The van der Waals surface area contributed by atoms with Crippen LogP contribution in [0.3, 0.4) is 0 Å². The van der Waals surface area contributed by atoms with E-state index in [1.165, 1.54) is 0 Å². The van der Waals surface area contributed by atoms with Gasteiger partial charge < -0.3 is 28.8 Å². The van der Waals surface area contributed by atoms with Gasteiger partial charge in [-0.25, -0.2) is 4.98 Å². The normalized spacial score (nSPS) is 10.8. The summed E-state index contributed by atoms with van der Waals surface area (Å²) >= 11 is 0. The maximum absolute atomic E-state index is 12.6. The first kappa shape index (κ1) is 24.9. The number of benzene rings is 3. The summed E-state index contributed by atoms with van der Waals surface area (Å²) in [6, 6.07) is 20.8. The number of aromatic nitrogens is 2. The molecule has 0 saturated carbocycles. The van der Waals surface area contributed by atoms with E-state index in [0.717, 1.165) is 29.7 Å². The molecule has 1 heterocycles. The fraction of sp³-hybridized carbons (Fsp3) is 0.286. The summed E-state index contributed by atoms with van der Waals surface area (Å²) in [7, 11) is 4.75. The van der Waals surface area contributed by atoms with Crippen molar-refractivity contribution in [3.8, 4) is 23.0 Å². The van der Waals surface area contributed by atoms with Crippen molar-refractivity contribution >= 4 is 16.9 Å². The second kappa shape index (κ2) is 12.0. The molecular formula is C28H31N3O5. The fourth-order valence-electron chi connectivity index (χ4n) is 4.08. The SMILES string of the molecule is COc1ccc(C(=O)NCCCc2nc3ccccc3n2CCOc2ccccc2OC)cc1OC. The molecule has 0 bridgehead atoms. The molecule has 0 spiro atoms. The van der Waals surface area contributed by atoms with Gasteiger partial charge in [0.15, 0.2) is 23.0 Å². The van der Waals surface area contributed by atoms with Gasteiger partial charge in [0.25, 0.3) is 5.91 Å². The van der Waals surface area contributed by atoms with Gasteiger partial charge in [-0.15, -0.1) is 0 Å². The standard InChI is InChI=1S/C28H31N3O5/c1-33-23-11-6-7-12-25(23)36-18-17-31-22-10-5-4-9-21(22)30-27(31)13-8-16-29-28(32)20-14-15-24(34-2)26(19-20)35-3/h4-7,9-12,14-15,19H,8,13,16-18H2,1-3H3,(H,29,32). The first-order valence-electron chi connectivity index (χ1n) is 11.8. The second-order valence-electron chi connectivity index (χ2n) is 8.10. The summed E-state index contributed by atoms with van der Waals surface area (Å²) in [6.45, 7) is 1.64. The Hall–Kier alpha value is -4.20. The second-order valence-corrected chi connectivity index (χ2v) is 8.10. The Morgan fingerprint density at radius 2 is 1.56 bits per heavy atom. The number of nitrogens with zero attached hydrogens (tertiary/aromatic N) is 2. The third-order valence-electron chi connectivity index (χ3n) is 5.88. The number of amides is 1. The van der Waals surface area contributed by atoms with Crippen LogP contribution in [0.5, 0.6) is 23.0 Å². The van der Waals surface area contributed by atoms with Crippen molar-refractivity contribution in [1.29, 1.82) is 0 Å². The molecule has 4 aromatic rings. The number of hydrogen-bond donors (Lipinski definition) is 1. The van der Waals surface area contributed by atoms with Crippen LogP contribution in [-0.2, 0) is 13.0 Å². The van der Waals surface area contributed by atoms with Gasteiger partial charge >= 0.3 is 0 Å². The van der Waals surface area contributed by atoms with Crippen molar-refractivity contribution in [3.63, 3.8) is 0 Å². The zero-order valence-corrected chi connectivity index (χ0v) is 20.8. The Balaban J connectivity index is 1.37. The molecule has 1 N–H and O–H groups in total. The number of ether oxygens (including phenoxy) is 4. The van der Waals surface area contributed by atoms with Crippen molar-refractivity contribution in [2.45, 2.75) is 19.4 Å². The van der Waals surface area contributed by atoms with Crippen LogP contribution in [0.4, 0.5) is 0 Å². The van der Waals surface area contributed by atoms with Gasteiger partial charge in [-0.05, 0) is 48.9 Å². The lowest BCUT2D eigenvalue weighted by Crippen LogP contribution is -2.25. The summed E-state index contributed by atoms with van der Waals surface area (Å²) in [4.78, 5) is 17.4. The van der Waals surface area contributed by atoms with Gasteiger partial charge in [0, 0.05) is 18.5 Å². The van der Waals surface area contributed by atoms with Crippen molar-refractivity contribution in [2.75, 3.05) is 34.5 Å². The molecular weight excluding hydrogens is 458 g/mol. The Kier molecular flexibility index (Phi) is 8.28. The molecule has 1 amide bonds. The van der Waals surface area contributed by atoms with Crippen LogP contribution in [0.2, 0.25) is 0 Å². The highest BCUT2D eigenvalue weighted by Crippen LogP contribution is 2.28. The van der Waals surface area contributed by atoms with Gasteiger partial charge in [0.2, 0.25) is 0 Å². The molecule has 4 rings (SSSR count). The van der Waals surface area contributed by atoms with E-state index in [4.69, 9.17) is 23.9 Å². The number of aryl methyl sites for hydroxylation is 1. The predicted molar refractivity (Wildman–Crippen MR) is 138 cm³/mol. The Bertz CT molecular complexity index is 1320. The van der Waals surface area contributed by atoms with Crippen LogP contribution >= 0.6 is 0 Å². The van der Waals surface area contributed by atoms with E-state index in [1.54, 1.807) is 39.5 Å². The minimum Gasteiger partial charge on any atom is -0.493 e. The number of methoxy groups -OCH3 is 3. The number of carbonyl (C=O) groups is 1. The molecule has 8 heteroatoms. The molecule has 0 fully saturated rings. The lowest BCUT2D eigenvalue weighted by atomic mass is 10.2. The molecule has 0 radical (unpaired) electrons. The first-order valence-corrected chi connectivity index (χ1v) is 11.8. The number of para-hydroxylation sites is 4. The van der Waals surface area contributed by atoms with Gasteiger partial charge in [0.1, 0.15) is 12.4 Å². The molecule has 1 aromatic heterocycles. The minimum atomic E-state index is -0.158. The molecule has 0 unspecified atom stereocenters. The highest BCUT2D eigenvalue weighted by molar-refractivity contribution is 5.94. The predicted octanol–water partition coefficient (Wildman–Crippen LogP) is 4.50. The third-order valence-corrected chi connectivity index (χ3v) is 5.88. The Morgan fingerprint density at radius 3 is 2.33 bits per heavy atom. The molecule has 0 aliphatic heterocycles. The van der Waals surface area contributed by atoms with E-state index in [1.807, 2.05) is 42.5 Å². The van der Waals surface area contributed by atoms with Crippen LogP contribution in [0.15, 0.2) is 66.7 Å². The van der Waals surface area contributed by atoms with Gasteiger partial charge in [-0.3, -0.25) is 4.79 Å². The lowest BCUT2D eigenvalue weighted by molar-refractivity contribution is 0.0952. The van der Waals surface area contributed by atoms with Crippen molar-refractivity contribution in [2.24, 2.45) is 0 Å². The van der Waals surface area contributed by atoms with Crippen LogP contribution in [0.25, 0.3) is 11.0 Å². The number of nitrogens with one attached hydrogen (secondary N) is 1. The van der Waals surface area contributed by atoms with E-state index >= 15 is 0 Å². The number of rotatable bonds is 12. The molecule has 3 aromatic carbocycles. The summed E-state index contributed by atoms with van der Waals surface area (Å²) in [5.74, 6) is 3.33.